The van der Waals surface area contributed by atoms with Crippen LogP contribution in [0.15, 0.2) is 59.6 Å². The van der Waals surface area contributed by atoms with Gasteiger partial charge in [0.25, 0.3) is 0 Å². The van der Waals surface area contributed by atoms with Gasteiger partial charge in [-0.05, 0) is 49.9 Å². The summed E-state index contributed by atoms with van der Waals surface area (Å²) in [6.45, 7) is 4.80. The second-order valence-electron chi connectivity index (χ2n) is 10.9. The summed E-state index contributed by atoms with van der Waals surface area (Å²) in [5, 5.41) is 22.0. The predicted octanol–water partition coefficient (Wildman–Crippen LogP) is 2.09. The highest BCUT2D eigenvalue weighted by Gasteiger charge is 2.37. The van der Waals surface area contributed by atoms with Crippen LogP contribution >= 0.6 is 0 Å². The standard InChI is InChI=1S/C30H38N6O8S/c1-19-11-20(2)28(21(3)12-19)45(41,42)35-25(29(38)39)15-32-27(37)18-43-24-13-23(14-31-26-9-10-33-34-26)36(16-24)30(40)44-17-22-7-5-4-6-8-22/h4-12,23-25,35H,13-18H2,1-3H3,(H,32,37)(H,38,39)(H2,31,33,34). The van der Waals surface area contributed by atoms with Crippen LogP contribution < -0.4 is 15.4 Å². The monoisotopic (exact) mass is 642 g/mol. The molecule has 1 aliphatic rings. The highest BCUT2D eigenvalue weighted by Crippen LogP contribution is 2.23. The molecule has 14 nitrogen and oxygen atoms in total. The van der Waals surface area contributed by atoms with Crippen LogP contribution in [0.25, 0.3) is 0 Å². The number of nitrogens with one attached hydrogen (secondary N) is 4. The fraction of sp³-hybridized carbons (Fsp3) is 0.400. The average Bonchev–Trinajstić information content (AvgIpc) is 3.65. The number of aromatic amines is 1. The fourth-order valence-corrected chi connectivity index (χ4v) is 6.91. The van der Waals surface area contributed by atoms with Crippen LogP contribution in [0, 0.1) is 20.8 Å². The van der Waals surface area contributed by atoms with Gasteiger partial charge >= 0.3 is 12.1 Å². The number of rotatable bonds is 14. The predicted molar refractivity (Wildman–Crippen MR) is 164 cm³/mol. The molecule has 45 heavy (non-hydrogen) atoms. The van der Waals surface area contributed by atoms with E-state index in [1.807, 2.05) is 37.3 Å². The Balaban J connectivity index is 1.31. The molecule has 1 saturated heterocycles. The normalized spacial score (nSPS) is 17.1. The maximum absolute atomic E-state index is 13.1. The van der Waals surface area contributed by atoms with Gasteiger partial charge < -0.3 is 30.1 Å². The molecular weight excluding hydrogens is 604 g/mol. The van der Waals surface area contributed by atoms with Gasteiger partial charge in [0, 0.05) is 19.3 Å². The van der Waals surface area contributed by atoms with Crippen molar-refractivity contribution in [3.63, 3.8) is 0 Å². The number of aromatic nitrogens is 2. The molecule has 0 saturated carbocycles. The number of aliphatic carboxylic acids is 1. The minimum absolute atomic E-state index is 0.00146. The van der Waals surface area contributed by atoms with Crippen molar-refractivity contribution in [1.29, 1.82) is 0 Å². The molecule has 0 spiro atoms. The summed E-state index contributed by atoms with van der Waals surface area (Å²) in [4.78, 5) is 39.0. The number of H-pyrrole nitrogens is 1. The molecule has 15 heteroatoms. The number of carboxylic acid groups (broad SMARTS) is 1. The van der Waals surface area contributed by atoms with Crippen LogP contribution in [0.3, 0.4) is 0 Å². The summed E-state index contributed by atoms with van der Waals surface area (Å²) in [7, 11) is -4.20. The third kappa shape index (κ3) is 9.26. The first kappa shape index (κ1) is 33.4. The summed E-state index contributed by atoms with van der Waals surface area (Å²) in [6, 6.07) is 12.5. The van der Waals surface area contributed by atoms with E-state index in [0.29, 0.717) is 29.9 Å². The third-order valence-electron chi connectivity index (χ3n) is 7.26. The van der Waals surface area contributed by atoms with Crippen molar-refractivity contribution in [2.24, 2.45) is 0 Å². The molecule has 4 rings (SSSR count). The lowest BCUT2D eigenvalue weighted by atomic mass is 10.1. The van der Waals surface area contributed by atoms with E-state index in [2.05, 4.69) is 25.6 Å². The molecule has 2 aromatic carbocycles. The average molecular weight is 643 g/mol. The van der Waals surface area contributed by atoms with E-state index in [1.54, 1.807) is 38.2 Å². The molecule has 1 aliphatic heterocycles. The number of nitrogens with zero attached hydrogens (tertiary/aromatic N) is 2. The quantitative estimate of drug-likeness (QED) is 0.174. The molecule has 3 unspecified atom stereocenters. The fourth-order valence-electron chi connectivity index (χ4n) is 5.27. The summed E-state index contributed by atoms with van der Waals surface area (Å²) in [5.41, 5.74) is 2.68. The maximum Gasteiger partial charge on any atom is 0.410 e. The van der Waals surface area contributed by atoms with E-state index in [9.17, 15) is 27.9 Å². The van der Waals surface area contributed by atoms with E-state index < -0.39 is 53.3 Å². The van der Waals surface area contributed by atoms with Crippen LogP contribution in [0.5, 0.6) is 0 Å². The third-order valence-corrected chi connectivity index (χ3v) is 9.03. The summed E-state index contributed by atoms with van der Waals surface area (Å²) in [6.07, 6.45) is 1.03. The van der Waals surface area contributed by atoms with Crippen LogP contribution in [0.4, 0.5) is 10.6 Å². The van der Waals surface area contributed by atoms with E-state index >= 15 is 0 Å². The Kier molecular flexibility index (Phi) is 11.1. The van der Waals surface area contributed by atoms with Crippen LogP contribution in [0.2, 0.25) is 0 Å². The van der Waals surface area contributed by atoms with Gasteiger partial charge in [-0.2, -0.15) is 9.82 Å². The number of benzene rings is 2. The smallest absolute Gasteiger partial charge is 0.410 e. The van der Waals surface area contributed by atoms with Crippen molar-refractivity contribution in [2.45, 2.75) is 56.9 Å². The van der Waals surface area contributed by atoms with Gasteiger partial charge in [0.2, 0.25) is 15.9 Å². The van der Waals surface area contributed by atoms with Crippen molar-refractivity contribution >= 4 is 33.8 Å². The topological polar surface area (TPSA) is 192 Å². The molecule has 1 fully saturated rings. The second kappa shape index (κ2) is 15.0. The minimum atomic E-state index is -4.20. The first-order valence-electron chi connectivity index (χ1n) is 14.3. The number of carboxylic acids is 1. The molecule has 3 atom stereocenters. The Labute approximate surface area is 261 Å². The number of carbonyl (C=O) groups excluding carboxylic acids is 2. The summed E-state index contributed by atoms with van der Waals surface area (Å²) >= 11 is 0. The Morgan fingerprint density at radius 3 is 2.47 bits per heavy atom. The number of ether oxygens (including phenoxy) is 2. The molecule has 0 radical (unpaired) electrons. The van der Waals surface area contributed by atoms with E-state index in [1.165, 1.54) is 4.90 Å². The first-order valence-corrected chi connectivity index (χ1v) is 15.8. The van der Waals surface area contributed by atoms with Crippen molar-refractivity contribution in [1.82, 2.24) is 25.1 Å². The number of anilines is 1. The summed E-state index contributed by atoms with van der Waals surface area (Å²) < 4.78 is 39.6. The zero-order chi connectivity index (χ0) is 32.6. The van der Waals surface area contributed by atoms with E-state index in [0.717, 1.165) is 11.1 Å². The highest BCUT2D eigenvalue weighted by molar-refractivity contribution is 7.89. The van der Waals surface area contributed by atoms with Gasteiger partial charge in [-0.15, -0.1) is 0 Å². The van der Waals surface area contributed by atoms with Crippen molar-refractivity contribution < 1.29 is 37.4 Å². The number of sulfonamides is 1. The SMILES string of the molecule is Cc1cc(C)c(S(=O)(=O)NC(CNC(=O)COC2CC(CNc3cc[nH]n3)N(C(=O)OCc3ccccc3)C2)C(=O)O)c(C)c1. The van der Waals surface area contributed by atoms with Crippen LogP contribution in [-0.4, -0.2) is 91.0 Å². The molecule has 1 aromatic heterocycles. The van der Waals surface area contributed by atoms with Crippen molar-refractivity contribution in [3.8, 4) is 0 Å². The molecule has 2 heterocycles. The molecular formula is C30H38N6O8S. The molecule has 3 aromatic rings. The maximum atomic E-state index is 13.1. The van der Waals surface area contributed by atoms with Crippen LogP contribution in [0.1, 0.15) is 28.7 Å². The Bertz CT molecular complexity index is 1560. The number of hydrogen-bond donors (Lipinski definition) is 5. The zero-order valence-corrected chi connectivity index (χ0v) is 26.1. The van der Waals surface area contributed by atoms with Crippen molar-refractivity contribution in [2.75, 3.05) is 31.6 Å². The van der Waals surface area contributed by atoms with Crippen molar-refractivity contribution in [3.05, 3.63) is 77.0 Å². The lowest BCUT2D eigenvalue weighted by Crippen LogP contribution is -2.49. The molecule has 0 bridgehead atoms. The largest absolute Gasteiger partial charge is 0.480 e. The lowest BCUT2D eigenvalue weighted by molar-refractivity contribution is -0.139. The zero-order valence-electron chi connectivity index (χ0n) is 25.3. The number of hydrogen-bond acceptors (Lipinski definition) is 9. The lowest BCUT2D eigenvalue weighted by Gasteiger charge is -2.24. The van der Waals surface area contributed by atoms with E-state index in [-0.39, 0.29) is 24.1 Å². The molecule has 2 amide bonds. The minimum Gasteiger partial charge on any atom is -0.480 e. The Morgan fingerprint density at radius 2 is 1.82 bits per heavy atom. The van der Waals surface area contributed by atoms with E-state index in [4.69, 9.17) is 9.47 Å². The summed E-state index contributed by atoms with van der Waals surface area (Å²) in [5.74, 6) is -1.48. The number of amides is 2. The van der Waals surface area contributed by atoms with Gasteiger partial charge in [0.1, 0.15) is 25.1 Å². The number of likely N-dealkylation sites (tertiary alicyclic amines) is 1. The Hall–Kier alpha value is -4.47. The molecule has 242 valence electrons. The van der Waals surface area contributed by atoms with Gasteiger partial charge in [-0.1, -0.05) is 48.0 Å². The first-order chi connectivity index (χ1) is 21.4. The Morgan fingerprint density at radius 1 is 1.11 bits per heavy atom. The van der Waals surface area contributed by atoms with Gasteiger partial charge in [-0.25, -0.2) is 13.2 Å². The highest BCUT2D eigenvalue weighted by atomic mass is 32.2. The second-order valence-corrected chi connectivity index (χ2v) is 12.6. The number of carbonyl (C=O) groups is 3. The van der Waals surface area contributed by atoms with Crippen LogP contribution in [-0.2, 0) is 35.7 Å². The van der Waals surface area contributed by atoms with Gasteiger partial charge in [-0.3, -0.25) is 14.7 Å². The molecule has 5 N–H and O–H groups in total. The van der Waals surface area contributed by atoms with Gasteiger partial charge in [0.05, 0.1) is 23.6 Å². The molecule has 0 aliphatic carbocycles. The van der Waals surface area contributed by atoms with Gasteiger partial charge in [0.15, 0.2) is 0 Å². The number of aryl methyl sites for hydroxylation is 3.